The summed E-state index contributed by atoms with van der Waals surface area (Å²) in [5.41, 5.74) is 2.94. The van der Waals surface area contributed by atoms with Crippen molar-refractivity contribution in [1.29, 1.82) is 0 Å². The zero-order chi connectivity index (χ0) is 16.2. The highest BCUT2D eigenvalue weighted by Crippen LogP contribution is 2.20. The van der Waals surface area contributed by atoms with Gasteiger partial charge in [-0.05, 0) is 49.4 Å². The van der Waals surface area contributed by atoms with E-state index in [0.717, 1.165) is 22.3 Å². The molecule has 2 aromatic carbocycles. The third-order valence-electron chi connectivity index (χ3n) is 3.43. The Hall–Kier alpha value is -2.46. The number of halogens is 1. The number of aryl methyl sites for hydroxylation is 1. The van der Waals surface area contributed by atoms with Crippen molar-refractivity contribution >= 4 is 34.1 Å². The molecule has 0 aliphatic carbocycles. The molecule has 3 rings (SSSR count). The molecule has 0 saturated heterocycles. The summed E-state index contributed by atoms with van der Waals surface area (Å²) in [5.74, 6) is 0.577. The first kappa shape index (κ1) is 15.4. The number of aromatic nitrogens is 1. The summed E-state index contributed by atoms with van der Waals surface area (Å²) < 4.78 is 5.52. The molecule has 23 heavy (non-hydrogen) atoms. The number of hydrogen-bond donors (Lipinski definition) is 2. The van der Waals surface area contributed by atoms with Crippen molar-refractivity contribution in [3.05, 3.63) is 59.2 Å². The average Bonchev–Trinajstić information content (AvgIpc) is 2.86. The fourth-order valence-corrected chi connectivity index (χ4v) is 2.58. The van der Waals surface area contributed by atoms with Crippen molar-refractivity contribution < 1.29 is 9.53 Å². The molecule has 0 fully saturated rings. The molecule has 118 valence electrons. The highest BCUT2D eigenvalue weighted by molar-refractivity contribution is 6.30. The van der Waals surface area contributed by atoms with Gasteiger partial charge in [0.15, 0.2) is 0 Å². The van der Waals surface area contributed by atoms with Gasteiger partial charge in [0, 0.05) is 27.3 Å². The Morgan fingerprint density at radius 3 is 2.91 bits per heavy atom. The van der Waals surface area contributed by atoms with Gasteiger partial charge in [-0.3, -0.25) is 4.79 Å². The van der Waals surface area contributed by atoms with Crippen LogP contribution in [0.5, 0.6) is 5.75 Å². The first-order chi connectivity index (χ1) is 11.1. The van der Waals surface area contributed by atoms with Crippen LogP contribution in [-0.2, 0) is 4.79 Å². The van der Waals surface area contributed by atoms with E-state index in [1.807, 2.05) is 43.3 Å². The maximum Gasteiger partial charge on any atom is 0.227 e. The zero-order valence-corrected chi connectivity index (χ0v) is 13.5. The van der Waals surface area contributed by atoms with Gasteiger partial charge in [-0.2, -0.15) is 0 Å². The summed E-state index contributed by atoms with van der Waals surface area (Å²) in [6.07, 6.45) is 0.275. The van der Waals surface area contributed by atoms with E-state index >= 15 is 0 Å². The standard InChI is InChI=1S/C18H17ClN2O2/c1-12-9-13-10-15(5-6-17(13)20-12)21-18(22)7-8-23-16-4-2-3-14(19)11-16/h2-6,9-11,20H,7-8H2,1H3,(H,21,22). The van der Waals surface area contributed by atoms with Gasteiger partial charge in [0.2, 0.25) is 5.91 Å². The lowest BCUT2D eigenvalue weighted by Gasteiger charge is -2.07. The van der Waals surface area contributed by atoms with Gasteiger partial charge < -0.3 is 15.0 Å². The SMILES string of the molecule is Cc1cc2cc(NC(=O)CCOc3cccc(Cl)c3)ccc2[nH]1. The van der Waals surface area contributed by atoms with Gasteiger partial charge in [0.05, 0.1) is 13.0 Å². The lowest BCUT2D eigenvalue weighted by atomic mass is 10.2. The highest BCUT2D eigenvalue weighted by Gasteiger charge is 2.05. The van der Waals surface area contributed by atoms with E-state index < -0.39 is 0 Å². The van der Waals surface area contributed by atoms with Crippen molar-refractivity contribution in [1.82, 2.24) is 4.98 Å². The molecule has 3 aromatic rings. The number of carbonyl (C=O) groups excluding carboxylic acids is 1. The maximum absolute atomic E-state index is 12.0. The van der Waals surface area contributed by atoms with Crippen LogP contribution in [-0.4, -0.2) is 17.5 Å². The molecule has 0 unspecified atom stereocenters. The Bertz CT molecular complexity index is 842. The number of carbonyl (C=O) groups is 1. The van der Waals surface area contributed by atoms with E-state index in [1.54, 1.807) is 12.1 Å². The summed E-state index contributed by atoms with van der Waals surface area (Å²) >= 11 is 5.88. The molecule has 0 radical (unpaired) electrons. The van der Waals surface area contributed by atoms with E-state index in [9.17, 15) is 4.79 Å². The number of nitrogens with one attached hydrogen (secondary N) is 2. The Morgan fingerprint density at radius 2 is 2.09 bits per heavy atom. The minimum atomic E-state index is -0.0846. The summed E-state index contributed by atoms with van der Waals surface area (Å²) in [6.45, 7) is 2.31. The van der Waals surface area contributed by atoms with E-state index in [-0.39, 0.29) is 12.3 Å². The molecule has 0 spiro atoms. The summed E-state index contributed by atoms with van der Waals surface area (Å²) in [6, 6.07) is 15.0. The van der Waals surface area contributed by atoms with Crippen LogP contribution in [0.3, 0.4) is 0 Å². The first-order valence-corrected chi connectivity index (χ1v) is 7.75. The van der Waals surface area contributed by atoms with Crippen molar-refractivity contribution in [3.8, 4) is 5.75 Å². The van der Waals surface area contributed by atoms with Gasteiger partial charge in [-0.1, -0.05) is 17.7 Å². The van der Waals surface area contributed by atoms with Gasteiger partial charge in [-0.15, -0.1) is 0 Å². The zero-order valence-electron chi connectivity index (χ0n) is 12.7. The van der Waals surface area contributed by atoms with Gasteiger partial charge in [0.1, 0.15) is 5.75 Å². The number of hydrogen-bond acceptors (Lipinski definition) is 2. The molecular formula is C18H17ClN2O2. The first-order valence-electron chi connectivity index (χ1n) is 7.38. The number of aromatic amines is 1. The van der Waals surface area contributed by atoms with Crippen LogP contribution in [0.25, 0.3) is 10.9 Å². The van der Waals surface area contributed by atoms with E-state index in [2.05, 4.69) is 10.3 Å². The number of anilines is 1. The van der Waals surface area contributed by atoms with Crippen molar-refractivity contribution in [2.24, 2.45) is 0 Å². The summed E-state index contributed by atoms with van der Waals surface area (Å²) in [4.78, 5) is 15.2. The summed E-state index contributed by atoms with van der Waals surface area (Å²) in [5, 5.41) is 4.57. The van der Waals surface area contributed by atoms with E-state index in [1.165, 1.54) is 0 Å². The molecule has 4 nitrogen and oxygen atoms in total. The minimum absolute atomic E-state index is 0.0846. The molecule has 1 amide bonds. The number of benzene rings is 2. The van der Waals surface area contributed by atoms with Crippen LogP contribution in [0, 0.1) is 6.92 Å². The number of H-pyrrole nitrogens is 1. The molecular weight excluding hydrogens is 312 g/mol. The van der Waals surface area contributed by atoms with Crippen LogP contribution < -0.4 is 10.1 Å². The van der Waals surface area contributed by atoms with Crippen LogP contribution in [0.2, 0.25) is 5.02 Å². The topological polar surface area (TPSA) is 54.1 Å². The lowest BCUT2D eigenvalue weighted by Crippen LogP contribution is -2.15. The van der Waals surface area contributed by atoms with Crippen LogP contribution in [0.4, 0.5) is 5.69 Å². The second-order valence-electron chi connectivity index (χ2n) is 5.36. The number of fused-ring (bicyclic) bond motifs is 1. The second kappa shape index (κ2) is 6.75. The molecule has 0 aliphatic heterocycles. The number of ether oxygens (including phenoxy) is 1. The summed E-state index contributed by atoms with van der Waals surface area (Å²) in [7, 11) is 0. The molecule has 1 heterocycles. The minimum Gasteiger partial charge on any atom is -0.493 e. The smallest absolute Gasteiger partial charge is 0.227 e. The molecule has 0 saturated carbocycles. The monoisotopic (exact) mass is 328 g/mol. The molecule has 0 atom stereocenters. The Kier molecular flexibility index (Phi) is 4.53. The fourth-order valence-electron chi connectivity index (χ4n) is 2.40. The molecule has 0 bridgehead atoms. The predicted molar refractivity (Wildman–Crippen MR) is 93.2 cm³/mol. The number of amides is 1. The van der Waals surface area contributed by atoms with Gasteiger partial charge in [-0.25, -0.2) is 0 Å². The number of rotatable bonds is 5. The van der Waals surface area contributed by atoms with Crippen molar-refractivity contribution in [2.75, 3.05) is 11.9 Å². The van der Waals surface area contributed by atoms with Gasteiger partial charge in [0.25, 0.3) is 0 Å². The molecule has 2 N–H and O–H groups in total. The molecule has 1 aromatic heterocycles. The largest absolute Gasteiger partial charge is 0.493 e. The van der Waals surface area contributed by atoms with Crippen LogP contribution >= 0.6 is 11.6 Å². The normalized spacial score (nSPS) is 10.7. The Labute approximate surface area is 139 Å². The fraction of sp³-hybridized carbons (Fsp3) is 0.167. The van der Waals surface area contributed by atoms with Crippen LogP contribution in [0.1, 0.15) is 12.1 Å². The predicted octanol–water partition coefficient (Wildman–Crippen LogP) is 4.54. The van der Waals surface area contributed by atoms with Crippen molar-refractivity contribution in [3.63, 3.8) is 0 Å². The lowest BCUT2D eigenvalue weighted by molar-refractivity contribution is -0.116. The molecule has 5 heteroatoms. The second-order valence-corrected chi connectivity index (χ2v) is 5.79. The third-order valence-corrected chi connectivity index (χ3v) is 3.67. The van der Waals surface area contributed by atoms with Gasteiger partial charge >= 0.3 is 0 Å². The quantitative estimate of drug-likeness (QED) is 0.722. The van der Waals surface area contributed by atoms with Crippen molar-refractivity contribution in [2.45, 2.75) is 13.3 Å². The van der Waals surface area contributed by atoms with Crippen LogP contribution in [0.15, 0.2) is 48.5 Å². The molecule has 0 aliphatic rings. The third kappa shape index (κ3) is 4.05. The maximum atomic E-state index is 12.0. The highest BCUT2D eigenvalue weighted by atomic mass is 35.5. The van der Waals surface area contributed by atoms with E-state index in [0.29, 0.717) is 17.4 Å². The Balaban J connectivity index is 1.53. The average molecular weight is 329 g/mol. The van der Waals surface area contributed by atoms with E-state index in [4.69, 9.17) is 16.3 Å². The Morgan fingerprint density at radius 1 is 1.22 bits per heavy atom.